The molecule has 1 rings (SSSR count). The number of phenolic OH excluding ortho intramolecular Hbond substituents is 1. The molecule has 0 saturated heterocycles. The van der Waals surface area contributed by atoms with E-state index in [1.165, 1.54) is 0 Å². The van der Waals surface area contributed by atoms with E-state index >= 15 is 0 Å². The molecule has 0 atom stereocenters. The lowest BCUT2D eigenvalue weighted by Crippen LogP contribution is -2.19. The molecule has 1 N–H and O–H groups in total. The Morgan fingerprint density at radius 2 is 1.88 bits per heavy atom. The van der Waals surface area contributed by atoms with Crippen LogP contribution < -0.4 is 0 Å². The average Bonchev–Trinajstić information content (AvgIpc) is 2.30. The summed E-state index contributed by atoms with van der Waals surface area (Å²) in [4.78, 5) is 10.6. The number of hydrogen-bond donors (Lipinski definition) is 1. The van der Waals surface area contributed by atoms with Crippen molar-refractivity contribution in [1.29, 1.82) is 0 Å². The monoisotopic (exact) mass is 221 g/mol. The minimum absolute atomic E-state index is 0.0341. The predicted molar refractivity (Wildman–Crippen MR) is 66.2 cm³/mol. The Kier molecular flexibility index (Phi) is 3.68. The van der Waals surface area contributed by atoms with Crippen LogP contribution in [-0.2, 0) is 5.41 Å². The highest BCUT2D eigenvalue weighted by Gasteiger charge is 2.27. The van der Waals surface area contributed by atoms with Crippen molar-refractivity contribution in [2.24, 2.45) is 5.18 Å². The molecule has 3 heteroatoms. The van der Waals surface area contributed by atoms with E-state index in [2.05, 4.69) is 25.9 Å². The minimum Gasteiger partial charge on any atom is -0.505 e. The molecule has 88 valence electrons. The Hall–Kier alpha value is -1.38. The Labute approximate surface area is 96.5 Å². The number of nitrogens with zero attached hydrogens (tertiary/aromatic N) is 1. The van der Waals surface area contributed by atoms with Crippen LogP contribution in [0.2, 0.25) is 0 Å². The van der Waals surface area contributed by atoms with Crippen molar-refractivity contribution < 1.29 is 5.11 Å². The molecule has 0 aromatic heterocycles. The lowest BCUT2D eigenvalue weighted by Gasteiger charge is -2.28. The van der Waals surface area contributed by atoms with Crippen LogP contribution >= 0.6 is 0 Å². The molecule has 0 saturated carbocycles. The molecule has 16 heavy (non-hydrogen) atoms. The van der Waals surface area contributed by atoms with Gasteiger partial charge in [-0.3, -0.25) is 0 Å². The fourth-order valence-corrected chi connectivity index (χ4v) is 1.92. The zero-order valence-electron chi connectivity index (χ0n) is 10.4. The summed E-state index contributed by atoms with van der Waals surface area (Å²) in [7, 11) is 0. The van der Waals surface area contributed by atoms with Gasteiger partial charge in [0.2, 0.25) is 0 Å². The molecule has 0 amide bonds. The Balaban J connectivity index is 3.43. The maximum Gasteiger partial charge on any atom is 0.150 e. The molecule has 0 bridgehead atoms. The second kappa shape index (κ2) is 4.64. The topological polar surface area (TPSA) is 49.7 Å². The highest BCUT2D eigenvalue weighted by Crippen LogP contribution is 2.42. The van der Waals surface area contributed by atoms with Crippen LogP contribution in [0.1, 0.15) is 44.7 Å². The van der Waals surface area contributed by atoms with E-state index in [0.717, 1.165) is 24.0 Å². The lowest BCUT2D eigenvalue weighted by atomic mass is 9.76. The highest BCUT2D eigenvalue weighted by molar-refractivity contribution is 5.59. The smallest absolute Gasteiger partial charge is 0.150 e. The molecule has 0 aliphatic rings. The van der Waals surface area contributed by atoms with Crippen LogP contribution in [0.15, 0.2) is 17.3 Å². The molecule has 0 radical (unpaired) electrons. The van der Waals surface area contributed by atoms with Crippen molar-refractivity contribution in [3.05, 3.63) is 28.2 Å². The van der Waals surface area contributed by atoms with Gasteiger partial charge in [0.15, 0.2) is 0 Å². The lowest BCUT2D eigenvalue weighted by molar-refractivity contribution is 0.398. The van der Waals surface area contributed by atoms with Gasteiger partial charge in [-0.15, -0.1) is 4.91 Å². The van der Waals surface area contributed by atoms with E-state index in [1.54, 1.807) is 6.07 Å². The largest absolute Gasteiger partial charge is 0.505 e. The molecule has 0 fully saturated rings. The van der Waals surface area contributed by atoms with Crippen molar-refractivity contribution in [1.82, 2.24) is 0 Å². The van der Waals surface area contributed by atoms with Crippen LogP contribution in [0.25, 0.3) is 0 Å². The zero-order valence-corrected chi connectivity index (χ0v) is 10.4. The normalized spacial score (nSPS) is 11.5. The maximum absolute atomic E-state index is 10.6. The van der Waals surface area contributed by atoms with E-state index in [0.29, 0.717) is 0 Å². The first-order chi connectivity index (χ1) is 7.48. The van der Waals surface area contributed by atoms with E-state index in [4.69, 9.17) is 0 Å². The first-order valence-electron chi connectivity index (χ1n) is 5.66. The van der Waals surface area contributed by atoms with Gasteiger partial charge in [0, 0.05) is 5.56 Å². The van der Waals surface area contributed by atoms with Gasteiger partial charge in [-0.25, -0.2) is 0 Å². The molecule has 0 spiro atoms. The Morgan fingerprint density at radius 1 is 1.31 bits per heavy atom. The van der Waals surface area contributed by atoms with Crippen LogP contribution in [0, 0.1) is 11.8 Å². The fraction of sp³-hybridized carbons (Fsp3) is 0.538. The summed E-state index contributed by atoms with van der Waals surface area (Å²) in [5.41, 5.74) is 1.82. The number of benzene rings is 1. The molecular weight excluding hydrogens is 202 g/mol. The Bertz CT molecular complexity index is 395. The van der Waals surface area contributed by atoms with Crippen LogP contribution in [-0.4, -0.2) is 5.11 Å². The Morgan fingerprint density at radius 3 is 2.31 bits per heavy atom. The number of nitroso groups, excluding NO2 is 1. The van der Waals surface area contributed by atoms with Crippen LogP contribution in [0.3, 0.4) is 0 Å². The molecule has 0 aliphatic heterocycles. The van der Waals surface area contributed by atoms with Gasteiger partial charge in [0.05, 0.1) is 0 Å². The minimum atomic E-state index is -0.102. The molecule has 3 nitrogen and oxygen atoms in total. The third-order valence-corrected chi connectivity index (χ3v) is 3.54. The number of aryl methyl sites for hydroxylation is 1. The summed E-state index contributed by atoms with van der Waals surface area (Å²) < 4.78 is 0. The van der Waals surface area contributed by atoms with E-state index in [-0.39, 0.29) is 16.9 Å². The SMILES string of the molecule is CCC(C)(CC)c1cc(C)cc(N=O)c1O. The standard InChI is InChI=1S/C13H19NO2/c1-5-13(4,6-2)10-7-9(3)8-11(14-16)12(10)15/h7-8,15H,5-6H2,1-4H3. The molecule has 0 heterocycles. The van der Waals surface area contributed by atoms with Crippen LogP contribution in [0.4, 0.5) is 5.69 Å². The summed E-state index contributed by atoms with van der Waals surface area (Å²) in [6.45, 7) is 8.16. The molecule has 0 unspecified atom stereocenters. The zero-order chi connectivity index (χ0) is 12.3. The third kappa shape index (κ3) is 2.08. The third-order valence-electron chi connectivity index (χ3n) is 3.54. The maximum atomic E-state index is 10.6. The summed E-state index contributed by atoms with van der Waals surface area (Å²) in [6.07, 6.45) is 1.83. The van der Waals surface area contributed by atoms with Crippen molar-refractivity contribution in [2.45, 2.75) is 46.0 Å². The van der Waals surface area contributed by atoms with Gasteiger partial charge >= 0.3 is 0 Å². The first-order valence-corrected chi connectivity index (χ1v) is 5.66. The summed E-state index contributed by atoms with van der Waals surface area (Å²) >= 11 is 0. The summed E-state index contributed by atoms with van der Waals surface area (Å²) in [6, 6.07) is 3.55. The second-order valence-electron chi connectivity index (χ2n) is 4.54. The molecule has 1 aromatic rings. The fourth-order valence-electron chi connectivity index (χ4n) is 1.92. The van der Waals surface area contributed by atoms with Crippen molar-refractivity contribution >= 4 is 5.69 Å². The van der Waals surface area contributed by atoms with E-state index in [1.807, 2.05) is 13.0 Å². The molecule has 0 aliphatic carbocycles. The quantitative estimate of drug-likeness (QED) is 0.775. The number of phenols is 1. The van der Waals surface area contributed by atoms with Gasteiger partial charge in [-0.2, -0.15) is 0 Å². The van der Waals surface area contributed by atoms with E-state index < -0.39 is 0 Å². The predicted octanol–water partition coefficient (Wildman–Crippen LogP) is 4.18. The first kappa shape index (κ1) is 12.7. The number of aromatic hydroxyl groups is 1. The highest BCUT2D eigenvalue weighted by atomic mass is 16.3. The van der Waals surface area contributed by atoms with Crippen molar-refractivity contribution in [3.8, 4) is 5.75 Å². The van der Waals surface area contributed by atoms with Gasteiger partial charge in [-0.1, -0.05) is 26.8 Å². The second-order valence-corrected chi connectivity index (χ2v) is 4.54. The number of rotatable bonds is 4. The number of hydrogen-bond acceptors (Lipinski definition) is 3. The average molecular weight is 221 g/mol. The summed E-state index contributed by atoms with van der Waals surface area (Å²) in [5, 5.41) is 12.9. The van der Waals surface area contributed by atoms with E-state index in [9.17, 15) is 10.0 Å². The summed E-state index contributed by atoms with van der Waals surface area (Å²) in [5.74, 6) is 0.0341. The van der Waals surface area contributed by atoms with Crippen LogP contribution in [0.5, 0.6) is 5.75 Å². The molecule has 1 aromatic carbocycles. The van der Waals surface area contributed by atoms with Gasteiger partial charge in [-0.05, 0) is 42.0 Å². The van der Waals surface area contributed by atoms with Gasteiger partial charge in [0.25, 0.3) is 0 Å². The van der Waals surface area contributed by atoms with Crippen molar-refractivity contribution in [3.63, 3.8) is 0 Å². The van der Waals surface area contributed by atoms with Gasteiger partial charge < -0.3 is 5.11 Å². The van der Waals surface area contributed by atoms with Crippen molar-refractivity contribution in [2.75, 3.05) is 0 Å². The molecular formula is C13H19NO2. The van der Waals surface area contributed by atoms with Gasteiger partial charge in [0.1, 0.15) is 11.4 Å².